The van der Waals surface area contributed by atoms with E-state index >= 15 is 0 Å². The predicted molar refractivity (Wildman–Crippen MR) is 112 cm³/mol. The number of hydrogen-bond donors (Lipinski definition) is 1. The van der Waals surface area contributed by atoms with Crippen molar-refractivity contribution < 1.29 is 19.2 Å². The maximum absolute atomic E-state index is 12.9. The van der Waals surface area contributed by atoms with E-state index in [1.807, 2.05) is 18.7 Å². The third-order valence-corrected chi connectivity index (χ3v) is 5.55. The number of piperazine rings is 1. The lowest BCUT2D eigenvalue weighted by Gasteiger charge is -2.34. The number of rotatable bonds is 8. The first kappa shape index (κ1) is 22.0. The Morgan fingerprint density at radius 3 is 2.33 bits per heavy atom. The van der Waals surface area contributed by atoms with Crippen molar-refractivity contribution >= 4 is 23.6 Å². The van der Waals surface area contributed by atoms with Crippen molar-refractivity contribution in [2.75, 3.05) is 45.8 Å². The molecule has 1 saturated heterocycles. The summed E-state index contributed by atoms with van der Waals surface area (Å²) in [6, 6.07) is 4.76. The van der Waals surface area contributed by atoms with Gasteiger partial charge in [-0.25, -0.2) is 0 Å². The summed E-state index contributed by atoms with van der Waals surface area (Å²) in [7, 11) is 0. The lowest BCUT2D eigenvalue weighted by Crippen LogP contribution is -2.51. The molecule has 2 aliphatic rings. The first-order valence-electron chi connectivity index (χ1n) is 10.7. The smallest absolute Gasteiger partial charge is 0.261 e. The molecule has 8 nitrogen and oxygen atoms in total. The highest BCUT2D eigenvalue weighted by Crippen LogP contribution is 2.25. The molecule has 1 aromatic rings. The van der Waals surface area contributed by atoms with E-state index in [4.69, 9.17) is 0 Å². The fourth-order valence-corrected chi connectivity index (χ4v) is 3.76. The molecule has 0 spiro atoms. The fraction of sp³-hybridized carbons (Fsp3) is 0.545. The molecule has 0 aliphatic carbocycles. The van der Waals surface area contributed by atoms with Crippen LogP contribution in [0.1, 0.15) is 64.2 Å². The molecule has 1 fully saturated rings. The summed E-state index contributed by atoms with van der Waals surface area (Å²) in [5, 5.41) is 2.86. The number of carbonyl (C=O) groups excluding carboxylic acids is 4. The van der Waals surface area contributed by atoms with Gasteiger partial charge in [-0.2, -0.15) is 0 Å². The van der Waals surface area contributed by atoms with E-state index in [2.05, 4.69) is 5.32 Å². The van der Waals surface area contributed by atoms with Gasteiger partial charge in [0.2, 0.25) is 5.91 Å². The van der Waals surface area contributed by atoms with Crippen molar-refractivity contribution in [2.45, 2.75) is 33.1 Å². The Morgan fingerprint density at radius 2 is 1.67 bits per heavy atom. The van der Waals surface area contributed by atoms with Crippen LogP contribution >= 0.6 is 0 Å². The van der Waals surface area contributed by atoms with Crippen LogP contribution in [0.4, 0.5) is 0 Å². The number of hydrogen-bond acceptors (Lipinski definition) is 5. The highest BCUT2D eigenvalue weighted by atomic mass is 16.2. The van der Waals surface area contributed by atoms with E-state index in [0.717, 1.165) is 19.3 Å². The molecule has 1 aromatic carbocycles. The maximum atomic E-state index is 12.9. The second kappa shape index (κ2) is 9.84. The van der Waals surface area contributed by atoms with E-state index in [9.17, 15) is 19.2 Å². The molecule has 0 bridgehead atoms. The average molecular weight is 415 g/mol. The molecule has 0 radical (unpaired) electrons. The molecule has 1 N–H and O–H groups in total. The van der Waals surface area contributed by atoms with Crippen LogP contribution in [-0.4, -0.2) is 84.1 Å². The van der Waals surface area contributed by atoms with Gasteiger partial charge in [-0.15, -0.1) is 0 Å². The van der Waals surface area contributed by atoms with Gasteiger partial charge >= 0.3 is 0 Å². The van der Waals surface area contributed by atoms with Crippen molar-refractivity contribution in [3.8, 4) is 0 Å². The summed E-state index contributed by atoms with van der Waals surface area (Å²) in [5.41, 5.74) is 1.10. The Hall–Kier alpha value is -2.74. The summed E-state index contributed by atoms with van der Waals surface area (Å²) in [4.78, 5) is 54.9. The fourth-order valence-electron chi connectivity index (χ4n) is 3.76. The van der Waals surface area contributed by atoms with E-state index in [-0.39, 0.29) is 23.6 Å². The SMILES string of the molecule is CCCCN1C(=O)c2ccc(C(=O)N3CCN(CC(=O)NCCC)CC3)cc2C1=O. The number of amides is 4. The van der Waals surface area contributed by atoms with Gasteiger partial charge in [0.05, 0.1) is 17.7 Å². The van der Waals surface area contributed by atoms with Crippen molar-refractivity contribution in [1.29, 1.82) is 0 Å². The molecule has 30 heavy (non-hydrogen) atoms. The van der Waals surface area contributed by atoms with Crippen LogP contribution in [0.3, 0.4) is 0 Å². The molecule has 4 amide bonds. The Labute approximate surface area is 177 Å². The molecule has 3 rings (SSSR count). The minimum absolute atomic E-state index is 0.00561. The molecule has 2 heterocycles. The van der Waals surface area contributed by atoms with Gasteiger partial charge in [0.15, 0.2) is 0 Å². The number of imide groups is 1. The monoisotopic (exact) mass is 414 g/mol. The molecular formula is C22H30N4O4. The summed E-state index contributed by atoms with van der Waals surface area (Å²) in [5.74, 6) is -0.746. The molecular weight excluding hydrogens is 384 g/mol. The Balaban J connectivity index is 1.60. The van der Waals surface area contributed by atoms with Gasteiger partial charge in [0, 0.05) is 44.8 Å². The summed E-state index contributed by atoms with van der Waals surface area (Å²) in [6.45, 7) is 7.72. The maximum Gasteiger partial charge on any atom is 0.261 e. The van der Waals surface area contributed by atoms with E-state index < -0.39 is 0 Å². The zero-order chi connectivity index (χ0) is 21.7. The first-order valence-corrected chi connectivity index (χ1v) is 10.7. The largest absolute Gasteiger partial charge is 0.355 e. The summed E-state index contributed by atoms with van der Waals surface area (Å²) in [6.07, 6.45) is 2.56. The second-order valence-corrected chi connectivity index (χ2v) is 7.79. The van der Waals surface area contributed by atoms with E-state index in [0.29, 0.717) is 62.5 Å². The molecule has 0 saturated carbocycles. The van der Waals surface area contributed by atoms with Crippen LogP contribution < -0.4 is 5.32 Å². The summed E-state index contributed by atoms with van der Waals surface area (Å²) >= 11 is 0. The Bertz CT molecular complexity index is 830. The van der Waals surface area contributed by atoms with Crippen molar-refractivity contribution in [1.82, 2.24) is 20.0 Å². The van der Waals surface area contributed by atoms with Crippen LogP contribution in [0.25, 0.3) is 0 Å². The molecule has 0 unspecified atom stereocenters. The Kier molecular flexibility index (Phi) is 7.20. The van der Waals surface area contributed by atoms with Crippen molar-refractivity contribution in [2.24, 2.45) is 0 Å². The van der Waals surface area contributed by atoms with Gasteiger partial charge in [-0.1, -0.05) is 20.3 Å². The van der Waals surface area contributed by atoms with Crippen molar-refractivity contribution in [3.63, 3.8) is 0 Å². The van der Waals surface area contributed by atoms with Crippen LogP contribution in [-0.2, 0) is 4.79 Å². The highest BCUT2D eigenvalue weighted by molar-refractivity contribution is 6.22. The number of unbranched alkanes of at least 4 members (excludes halogenated alkanes) is 1. The number of nitrogens with zero attached hydrogens (tertiary/aromatic N) is 3. The van der Waals surface area contributed by atoms with Gasteiger partial charge in [-0.3, -0.25) is 29.0 Å². The number of carbonyl (C=O) groups is 4. The van der Waals surface area contributed by atoms with Gasteiger partial charge in [-0.05, 0) is 31.0 Å². The standard InChI is InChI=1S/C22H30N4O4/c1-3-5-9-26-21(29)17-7-6-16(14-18(17)22(26)30)20(28)25-12-10-24(11-13-25)15-19(27)23-8-4-2/h6-7,14H,3-5,8-13,15H2,1-2H3,(H,23,27). The zero-order valence-corrected chi connectivity index (χ0v) is 17.8. The molecule has 0 atom stereocenters. The van der Waals surface area contributed by atoms with Crippen LogP contribution in [0.15, 0.2) is 18.2 Å². The highest BCUT2D eigenvalue weighted by Gasteiger charge is 2.36. The topological polar surface area (TPSA) is 90.0 Å². The third-order valence-electron chi connectivity index (χ3n) is 5.55. The normalized spacial score (nSPS) is 16.7. The minimum atomic E-state index is -0.319. The third kappa shape index (κ3) is 4.70. The molecule has 8 heteroatoms. The second-order valence-electron chi connectivity index (χ2n) is 7.79. The quantitative estimate of drug-likeness (QED) is 0.649. The van der Waals surface area contributed by atoms with Gasteiger partial charge in [0.1, 0.15) is 0 Å². The molecule has 0 aromatic heterocycles. The van der Waals surface area contributed by atoms with Crippen molar-refractivity contribution in [3.05, 3.63) is 34.9 Å². The Morgan fingerprint density at radius 1 is 0.967 bits per heavy atom. The minimum Gasteiger partial charge on any atom is -0.355 e. The van der Waals surface area contributed by atoms with Gasteiger partial charge in [0.25, 0.3) is 17.7 Å². The zero-order valence-electron chi connectivity index (χ0n) is 17.8. The van der Waals surface area contributed by atoms with Crippen LogP contribution in [0, 0.1) is 0 Å². The molecule has 162 valence electrons. The van der Waals surface area contributed by atoms with E-state index in [1.54, 1.807) is 23.1 Å². The lowest BCUT2D eigenvalue weighted by atomic mass is 10.0. The van der Waals surface area contributed by atoms with Gasteiger partial charge < -0.3 is 10.2 Å². The van der Waals surface area contributed by atoms with E-state index in [1.165, 1.54) is 4.90 Å². The van der Waals surface area contributed by atoms with Crippen LogP contribution in [0.5, 0.6) is 0 Å². The first-order chi connectivity index (χ1) is 14.5. The molecule has 2 aliphatic heterocycles. The predicted octanol–water partition coefficient (Wildman–Crippen LogP) is 1.37. The number of nitrogens with one attached hydrogen (secondary N) is 1. The van der Waals surface area contributed by atoms with Crippen LogP contribution in [0.2, 0.25) is 0 Å². The lowest BCUT2D eigenvalue weighted by molar-refractivity contribution is -0.122. The average Bonchev–Trinajstić information content (AvgIpc) is 3.00. The number of fused-ring (bicyclic) bond motifs is 1. The summed E-state index contributed by atoms with van der Waals surface area (Å²) < 4.78 is 0. The number of benzene rings is 1.